The molecule has 0 aliphatic carbocycles. The van der Waals surface area contributed by atoms with E-state index in [0.29, 0.717) is 37.5 Å². The van der Waals surface area contributed by atoms with Crippen LogP contribution in [0, 0.1) is 0 Å². The summed E-state index contributed by atoms with van der Waals surface area (Å²) >= 11 is 0. The van der Waals surface area contributed by atoms with E-state index in [-0.39, 0.29) is 17.8 Å². The first-order chi connectivity index (χ1) is 12.1. The molecular weight excluding hydrogens is 324 g/mol. The van der Waals surface area contributed by atoms with Gasteiger partial charge in [-0.2, -0.15) is 15.0 Å². The van der Waals surface area contributed by atoms with Crippen LogP contribution in [0.3, 0.4) is 0 Å². The minimum absolute atomic E-state index is 0.113. The Bertz CT molecular complexity index is 862. The molecule has 0 spiro atoms. The van der Waals surface area contributed by atoms with Crippen molar-refractivity contribution in [3.8, 4) is 12.0 Å². The molecule has 0 saturated carbocycles. The highest BCUT2D eigenvalue weighted by atomic mass is 16.5. The van der Waals surface area contributed by atoms with Crippen molar-refractivity contribution in [1.29, 1.82) is 0 Å². The molecule has 2 aromatic heterocycles. The molecular formula is C16H20N6O3. The molecule has 0 atom stereocenters. The van der Waals surface area contributed by atoms with Crippen LogP contribution in [0.4, 0.5) is 5.82 Å². The van der Waals surface area contributed by atoms with Crippen LogP contribution >= 0.6 is 0 Å². The summed E-state index contributed by atoms with van der Waals surface area (Å²) in [5.41, 5.74) is 14.2. The molecule has 0 radical (unpaired) electrons. The second-order valence-electron chi connectivity index (χ2n) is 5.42. The fourth-order valence-electron chi connectivity index (χ4n) is 2.38. The van der Waals surface area contributed by atoms with Crippen molar-refractivity contribution in [3.05, 3.63) is 35.4 Å². The summed E-state index contributed by atoms with van der Waals surface area (Å²) in [4.78, 5) is 12.4. The Kier molecular flexibility index (Phi) is 4.96. The average molecular weight is 344 g/mol. The lowest BCUT2D eigenvalue weighted by Crippen LogP contribution is -2.09. The monoisotopic (exact) mass is 344 g/mol. The topological polar surface area (TPSA) is 134 Å². The summed E-state index contributed by atoms with van der Waals surface area (Å²) < 4.78 is 11.9. The van der Waals surface area contributed by atoms with Gasteiger partial charge in [-0.15, -0.1) is 0 Å². The predicted octanol–water partition coefficient (Wildman–Crippen LogP) is 0.646. The van der Waals surface area contributed by atoms with Crippen molar-refractivity contribution < 1.29 is 14.6 Å². The van der Waals surface area contributed by atoms with Crippen LogP contribution in [-0.2, 0) is 17.8 Å². The lowest BCUT2D eigenvalue weighted by molar-refractivity contribution is 0.141. The van der Waals surface area contributed by atoms with E-state index < -0.39 is 0 Å². The Hall–Kier alpha value is -2.91. The van der Waals surface area contributed by atoms with Crippen LogP contribution in [0.15, 0.2) is 24.3 Å². The van der Waals surface area contributed by atoms with E-state index in [1.807, 2.05) is 24.3 Å². The molecule has 0 aliphatic rings. The number of aromatic hydroxyl groups is 1. The first-order valence-electron chi connectivity index (χ1n) is 7.74. The average Bonchev–Trinajstić information content (AvgIpc) is 2.93. The van der Waals surface area contributed by atoms with Gasteiger partial charge in [-0.25, -0.2) is 0 Å². The molecule has 0 amide bonds. The maximum atomic E-state index is 10.2. The summed E-state index contributed by atoms with van der Waals surface area (Å²) in [6, 6.07) is 7.68. The number of anilines is 1. The van der Waals surface area contributed by atoms with E-state index in [0.717, 1.165) is 11.1 Å². The van der Waals surface area contributed by atoms with Gasteiger partial charge in [0.05, 0.1) is 13.2 Å². The van der Waals surface area contributed by atoms with Gasteiger partial charge in [-0.05, 0) is 11.1 Å². The van der Waals surface area contributed by atoms with Gasteiger partial charge in [0.15, 0.2) is 17.0 Å². The number of benzene rings is 1. The largest absolute Gasteiger partial charge is 0.480 e. The number of imidazole rings is 1. The fraction of sp³-hybridized carbons (Fsp3) is 0.312. The fourth-order valence-corrected chi connectivity index (χ4v) is 2.38. The molecule has 1 aromatic carbocycles. The zero-order chi connectivity index (χ0) is 17.8. The Morgan fingerprint density at radius 3 is 2.48 bits per heavy atom. The van der Waals surface area contributed by atoms with Crippen molar-refractivity contribution in [2.75, 3.05) is 26.1 Å². The van der Waals surface area contributed by atoms with Gasteiger partial charge in [-0.1, -0.05) is 24.3 Å². The number of nitrogens with zero attached hydrogens (tertiary/aromatic N) is 4. The summed E-state index contributed by atoms with van der Waals surface area (Å²) in [6.07, 6.45) is 0. The molecule has 2 heterocycles. The van der Waals surface area contributed by atoms with Crippen LogP contribution in [0.2, 0.25) is 0 Å². The molecule has 3 aromatic rings. The van der Waals surface area contributed by atoms with Crippen molar-refractivity contribution in [1.82, 2.24) is 19.5 Å². The molecule has 0 bridgehead atoms. The van der Waals surface area contributed by atoms with Crippen LogP contribution in [0.25, 0.3) is 11.2 Å². The first-order valence-corrected chi connectivity index (χ1v) is 7.74. The number of nitrogens with two attached hydrogens (primary N) is 2. The minimum atomic E-state index is -0.187. The van der Waals surface area contributed by atoms with Crippen LogP contribution < -0.4 is 16.2 Å². The van der Waals surface area contributed by atoms with E-state index >= 15 is 0 Å². The van der Waals surface area contributed by atoms with Crippen molar-refractivity contribution >= 4 is 17.0 Å². The van der Waals surface area contributed by atoms with Gasteiger partial charge in [0.1, 0.15) is 6.61 Å². The quantitative estimate of drug-likeness (QED) is 0.532. The molecule has 0 saturated heterocycles. The Balaban J connectivity index is 1.94. The molecule has 3 rings (SSSR count). The van der Waals surface area contributed by atoms with Crippen molar-refractivity contribution in [3.63, 3.8) is 0 Å². The minimum Gasteiger partial charge on any atom is -0.480 e. The zero-order valence-electron chi connectivity index (χ0n) is 13.8. The number of methoxy groups -OCH3 is 1. The maximum absolute atomic E-state index is 10.2. The number of rotatable bonds is 7. The standard InChI is InChI=1S/C16H20N6O3/c1-24-6-7-25-15-20-13(18)12-14(21-15)22(16(23)19-12)9-11-4-2-10(8-17)3-5-11/h2-5H,6-9,17H2,1H3,(H,19,23)(H2,18,20,21). The third-order valence-corrected chi connectivity index (χ3v) is 3.70. The third kappa shape index (κ3) is 3.62. The normalized spacial score (nSPS) is 11.1. The highest BCUT2D eigenvalue weighted by molar-refractivity contribution is 5.83. The summed E-state index contributed by atoms with van der Waals surface area (Å²) in [7, 11) is 1.57. The lowest BCUT2D eigenvalue weighted by Gasteiger charge is -2.08. The molecule has 0 fully saturated rings. The van der Waals surface area contributed by atoms with Gasteiger partial charge in [0.2, 0.25) is 0 Å². The van der Waals surface area contributed by atoms with E-state index in [1.54, 1.807) is 11.7 Å². The van der Waals surface area contributed by atoms with Gasteiger partial charge in [0, 0.05) is 13.7 Å². The van der Waals surface area contributed by atoms with E-state index in [9.17, 15) is 5.11 Å². The summed E-state index contributed by atoms with van der Waals surface area (Å²) in [5, 5.41) is 10.2. The third-order valence-electron chi connectivity index (χ3n) is 3.70. The predicted molar refractivity (Wildman–Crippen MR) is 92.2 cm³/mol. The number of ether oxygens (including phenoxy) is 2. The first kappa shape index (κ1) is 16.9. The number of nitrogen functional groups attached to an aromatic ring is 1. The molecule has 9 heteroatoms. The Morgan fingerprint density at radius 1 is 1.08 bits per heavy atom. The molecule has 25 heavy (non-hydrogen) atoms. The number of hydrogen-bond donors (Lipinski definition) is 3. The molecule has 132 valence electrons. The van der Waals surface area contributed by atoms with Crippen LogP contribution in [0.1, 0.15) is 11.1 Å². The highest BCUT2D eigenvalue weighted by Crippen LogP contribution is 2.25. The maximum Gasteiger partial charge on any atom is 0.320 e. The second kappa shape index (κ2) is 7.32. The smallest absolute Gasteiger partial charge is 0.320 e. The Morgan fingerprint density at radius 2 is 1.80 bits per heavy atom. The van der Waals surface area contributed by atoms with Crippen molar-refractivity contribution in [2.45, 2.75) is 13.1 Å². The van der Waals surface area contributed by atoms with E-state index in [2.05, 4.69) is 15.0 Å². The lowest BCUT2D eigenvalue weighted by atomic mass is 10.1. The van der Waals surface area contributed by atoms with Gasteiger partial charge >= 0.3 is 6.01 Å². The second-order valence-corrected chi connectivity index (χ2v) is 5.42. The molecule has 9 nitrogen and oxygen atoms in total. The number of hydrogen-bond acceptors (Lipinski definition) is 8. The van der Waals surface area contributed by atoms with Crippen LogP contribution in [-0.4, -0.2) is 44.9 Å². The van der Waals surface area contributed by atoms with Gasteiger partial charge in [0.25, 0.3) is 6.01 Å². The number of fused-ring (bicyclic) bond motifs is 1. The van der Waals surface area contributed by atoms with Gasteiger partial charge < -0.3 is 26.0 Å². The highest BCUT2D eigenvalue weighted by Gasteiger charge is 2.17. The van der Waals surface area contributed by atoms with E-state index in [4.69, 9.17) is 20.9 Å². The molecule has 0 unspecified atom stereocenters. The molecule has 0 aliphatic heterocycles. The van der Waals surface area contributed by atoms with Crippen LogP contribution in [0.5, 0.6) is 12.0 Å². The summed E-state index contributed by atoms with van der Waals surface area (Å²) in [6.45, 7) is 1.55. The van der Waals surface area contributed by atoms with Gasteiger partial charge in [-0.3, -0.25) is 4.57 Å². The number of aromatic nitrogens is 4. The van der Waals surface area contributed by atoms with E-state index in [1.165, 1.54) is 0 Å². The SMILES string of the molecule is COCCOc1nc(N)c2nc(O)n(Cc3ccc(CN)cc3)c2n1. The zero-order valence-corrected chi connectivity index (χ0v) is 13.8. The Labute approximate surface area is 144 Å². The summed E-state index contributed by atoms with van der Waals surface area (Å²) in [5.74, 6) is 0.143. The molecule has 5 N–H and O–H groups in total. The van der Waals surface area contributed by atoms with Crippen molar-refractivity contribution in [2.24, 2.45) is 5.73 Å².